The van der Waals surface area contributed by atoms with Crippen LogP contribution in [-0.4, -0.2) is 43.1 Å². The van der Waals surface area contributed by atoms with Gasteiger partial charge in [-0.2, -0.15) is 0 Å². The van der Waals surface area contributed by atoms with Crippen molar-refractivity contribution in [2.75, 3.05) is 0 Å². The minimum absolute atomic E-state index is 0.170. The van der Waals surface area contributed by atoms with Gasteiger partial charge in [0.1, 0.15) is 41.9 Å². The number of halogens is 3. The fourth-order valence-corrected chi connectivity index (χ4v) is 5.04. The standard InChI is InChI=1S/C23H24F3N3O3/c1-11-12-6-7-29(23(12)28-10-27-11)16-9-18(21(31)20(16)30)32-17-8-15(22(25)26)19(24)14-5-3-2-4-13(14)17/h6-8,10,16,18,20-22,30-31H,2-5,9H2,1H3/t16-,18+,20+,21-/m1/s1. The Labute approximate surface area is 182 Å². The molecule has 2 aliphatic carbocycles. The van der Waals surface area contributed by atoms with Gasteiger partial charge in [0.15, 0.2) is 0 Å². The summed E-state index contributed by atoms with van der Waals surface area (Å²) < 4.78 is 49.3. The number of hydrogen-bond donors (Lipinski definition) is 2. The van der Waals surface area contributed by atoms with Crippen LogP contribution in [0.1, 0.15) is 54.1 Å². The van der Waals surface area contributed by atoms with Crippen LogP contribution in [-0.2, 0) is 12.8 Å². The van der Waals surface area contributed by atoms with Gasteiger partial charge < -0.3 is 19.5 Å². The molecule has 0 spiro atoms. The molecular weight excluding hydrogens is 423 g/mol. The summed E-state index contributed by atoms with van der Waals surface area (Å²) in [4.78, 5) is 8.48. The first-order valence-electron chi connectivity index (χ1n) is 10.8. The average Bonchev–Trinajstić information content (AvgIpc) is 3.33. The smallest absolute Gasteiger partial charge is 0.266 e. The molecule has 2 N–H and O–H groups in total. The molecule has 0 unspecified atom stereocenters. The normalized spacial score (nSPS) is 25.5. The Hall–Kier alpha value is -2.65. The van der Waals surface area contributed by atoms with Crippen molar-refractivity contribution in [2.45, 2.75) is 69.8 Å². The van der Waals surface area contributed by atoms with Crippen LogP contribution in [0.5, 0.6) is 5.75 Å². The highest BCUT2D eigenvalue weighted by molar-refractivity contribution is 5.78. The maximum absolute atomic E-state index is 14.6. The van der Waals surface area contributed by atoms with E-state index in [1.54, 1.807) is 10.8 Å². The number of rotatable bonds is 4. The quantitative estimate of drug-likeness (QED) is 0.636. The fourth-order valence-electron chi connectivity index (χ4n) is 5.04. The van der Waals surface area contributed by atoms with Crippen LogP contribution in [0.4, 0.5) is 13.2 Å². The van der Waals surface area contributed by atoms with Gasteiger partial charge in [-0.05, 0) is 50.3 Å². The van der Waals surface area contributed by atoms with Crippen molar-refractivity contribution in [3.63, 3.8) is 0 Å². The predicted octanol–water partition coefficient (Wildman–Crippen LogP) is 3.81. The third kappa shape index (κ3) is 3.34. The van der Waals surface area contributed by atoms with E-state index in [2.05, 4.69) is 9.97 Å². The molecule has 0 radical (unpaired) electrons. The molecule has 1 aromatic carbocycles. The monoisotopic (exact) mass is 447 g/mol. The van der Waals surface area contributed by atoms with Crippen molar-refractivity contribution in [3.8, 4) is 5.75 Å². The predicted molar refractivity (Wildman–Crippen MR) is 110 cm³/mol. The largest absolute Gasteiger partial charge is 0.487 e. The molecule has 0 amide bonds. The number of aryl methyl sites for hydroxylation is 1. The van der Waals surface area contributed by atoms with Crippen LogP contribution in [0.25, 0.3) is 11.0 Å². The maximum Gasteiger partial charge on any atom is 0.266 e. The Bertz CT molecular complexity index is 1170. The van der Waals surface area contributed by atoms with Crippen LogP contribution in [0.15, 0.2) is 24.7 Å². The third-order valence-electron chi connectivity index (χ3n) is 6.75. The average molecular weight is 447 g/mol. The molecule has 0 saturated heterocycles. The van der Waals surface area contributed by atoms with Crippen molar-refractivity contribution in [1.82, 2.24) is 14.5 Å². The van der Waals surface area contributed by atoms with E-state index >= 15 is 0 Å². The van der Waals surface area contributed by atoms with Crippen molar-refractivity contribution in [3.05, 3.63) is 52.9 Å². The second-order valence-corrected chi connectivity index (χ2v) is 8.60. The van der Waals surface area contributed by atoms with E-state index in [1.807, 2.05) is 13.0 Å². The topological polar surface area (TPSA) is 80.4 Å². The number of ether oxygens (including phenoxy) is 1. The molecule has 1 fully saturated rings. The molecule has 1 saturated carbocycles. The second-order valence-electron chi connectivity index (χ2n) is 8.60. The van der Waals surface area contributed by atoms with Crippen LogP contribution >= 0.6 is 0 Å². The molecule has 5 rings (SSSR count). The van der Waals surface area contributed by atoms with Gasteiger partial charge in [-0.3, -0.25) is 0 Å². The summed E-state index contributed by atoms with van der Waals surface area (Å²) in [6.07, 6.45) is -0.275. The van der Waals surface area contributed by atoms with Crippen LogP contribution in [0, 0.1) is 12.7 Å². The minimum Gasteiger partial charge on any atom is -0.487 e. The lowest BCUT2D eigenvalue weighted by atomic mass is 9.89. The number of fused-ring (bicyclic) bond motifs is 2. The lowest BCUT2D eigenvalue weighted by Gasteiger charge is -2.25. The summed E-state index contributed by atoms with van der Waals surface area (Å²) in [7, 11) is 0. The highest BCUT2D eigenvalue weighted by Gasteiger charge is 2.45. The van der Waals surface area contributed by atoms with Gasteiger partial charge >= 0.3 is 0 Å². The van der Waals surface area contributed by atoms with Gasteiger partial charge in [0.25, 0.3) is 6.43 Å². The zero-order valence-corrected chi connectivity index (χ0v) is 17.5. The Kier molecular flexibility index (Phi) is 5.33. The molecular formula is C23H24F3N3O3. The van der Waals surface area contributed by atoms with E-state index in [-0.39, 0.29) is 17.7 Å². The fraction of sp³-hybridized carbons (Fsp3) is 0.478. The molecule has 0 bridgehead atoms. The zero-order chi connectivity index (χ0) is 22.6. The van der Waals surface area contributed by atoms with Crippen LogP contribution in [0.2, 0.25) is 0 Å². The summed E-state index contributed by atoms with van der Waals surface area (Å²) >= 11 is 0. The first-order valence-corrected chi connectivity index (χ1v) is 10.8. The van der Waals surface area contributed by atoms with E-state index in [0.29, 0.717) is 24.1 Å². The molecule has 170 valence electrons. The zero-order valence-electron chi connectivity index (χ0n) is 17.5. The molecule has 6 nitrogen and oxygen atoms in total. The molecule has 2 aliphatic rings. The van der Waals surface area contributed by atoms with E-state index < -0.39 is 42.2 Å². The number of nitrogens with zero attached hydrogens (tertiary/aromatic N) is 3. The molecule has 9 heteroatoms. The van der Waals surface area contributed by atoms with Crippen LogP contribution < -0.4 is 4.74 Å². The molecule has 2 heterocycles. The van der Waals surface area contributed by atoms with Crippen molar-refractivity contribution in [1.29, 1.82) is 0 Å². The summed E-state index contributed by atoms with van der Waals surface area (Å²) in [5.41, 5.74) is 1.60. The number of aliphatic hydroxyl groups is 2. The SMILES string of the molecule is Cc1ncnc2c1ccn2[C@@H]1C[C@H](Oc2cc(C(F)F)c(F)c3c2CCCC3)[C@@H](O)[C@H]1O. The first-order chi connectivity index (χ1) is 15.4. The maximum atomic E-state index is 14.6. The van der Waals surface area contributed by atoms with Gasteiger partial charge in [0.2, 0.25) is 0 Å². The number of aromatic nitrogens is 3. The lowest BCUT2D eigenvalue weighted by Crippen LogP contribution is -2.34. The Morgan fingerprint density at radius 1 is 1.12 bits per heavy atom. The lowest BCUT2D eigenvalue weighted by molar-refractivity contribution is -0.0167. The summed E-state index contributed by atoms with van der Waals surface area (Å²) in [5.74, 6) is -0.690. The van der Waals surface area contributed by atoms with Gasteiger partial charge in [-0.1, -0.05) is 0 Å². The molecule has 0 aliphatic heterocycles. The highest BCUT2D eigenvalue weighted by atomic mass is 19.3. The highest BCUT2D eigenvalue weighted by Crippen LogP contribution is 2.41. The Morgan fingerprint density at radius 3 is 2.62 bits per heavy atom. The number of hydrogen-bond acceptors (Lipinski definition) is 5. The Balaban J connectivity index is 1.48. The summed E-state index contributed by atoms with van der Waals surface area (Å²) in [6.45, 7) is 1.86. The molecule has 2 aromatic heterocycles. The van der Waals surface area contributed by atoms with Gasteiger partial charge in [0, 0.05) is 23.6 Å². The number of alkyl halides is 2. The third-order valence-corrected chi connectivity index (χ3v) is 6.75. The second kappa shape index (κ2) is 8.04. The summed E-state index contributed by atoms with van der Waals surface area (Å²) in [5, 5.41) is 22.3. The van der Waals surface area contributed by atoms with Crippen molar-refractivity contribution < 1.29 is 28.1 Å². The molecule has 32 heavy (non-hydrogen) atoms. The van der Waals surface area contributed by atoms with Gasteiger partial charge in [-0.25, -0.2) is 23.1 Å². The minimum atomic E-state index is -2.97. The van der Waals surface area contributed by atoms with Crippen molar-refractivity contribution >= 4 is 11.0 Å². The molecule has 3 aromatic rings. The first kappa shape index (κ1) is 21.2. The van der Waals surface area contributed by atoms with Gasteiger partial charge in [-0.15, -0.1) is 0 Å². The molecule has 4 atom stereocenters. The van der Waals surface area contributed by atoms with Crippen LogP contribution in [0.3, 0.4) is 0 Å². The van der Waals surface area contributed by atoms with Crippen molar-refractivity contribution in [2.24, 2.45) is 0 Å². The number of aliphatic hydroxyl groups excluding tert-OH is 2. The summed E-state index contributed by atoms with van der Waals surface area (Å²) in [6, 6.07) is 2.38. The Morgan fingerprint density at radius 2 is 1.88 bits per heavy atom. The van der Waals surface area contributed by atoms with Gasteiger partial charge in [0.05, 0.1) is 17.3 Å². The van der Waals surface area contributed by atoms with E-state index in [1.165, 1.54) is 6.33 Å². The van der Waals surface area contributed by atoms with E-state index in [0.717, 1.165) is 30.0 Å². The number of benzene rings is 1. The van der Waals surface area contributed by atoms with E-state index in [9.17, 15) is 23.4 Å². The van der Waals surface area contributed by atoms with E-state index in [4.69, 9.17) is 4.74 Å².